The third-order valence-electron chi connectivity index (χ3n) is 3.23. The maximum absolute atomic E-state index is 12.0. The number of carbonyl (C=O) groups is 4. The summed E-state index contributed by atoms with van der Waals surface area (Å²) in [5, 5.41) is 11.3. The molecule has 3 amide bonds. The number of thioether (sulfide) groups is 1. The van der Waals surface area contributed by atoms with Gasteiger partial charge < -0.3 is 20.1 Å². The van der Waals surface area contributed by atoms with Gasteiger partial charge in [0.1, 0.15) is 23.7 Å². The molecule has 0 radical (unpaired) electrons. The van der Waals surface area contributed by atoms with E-state index in [4.69, 9.17) is 4.74 Å². The van der Waals surface area contributed by atoms with Crippen LogP contribution in [0.15, 0.2) is 11.3 Å². The number of carboxylic acids is 1. The molecule has 9 nitrogen and oxygen atoms in total. The summed E-state index contributed by atoms with van der Waals surface area (Å²) in [7, 11) is 3.02. The maximum atomic E-state index is 12.0. The fourth-order valence-corrected chi connectivity index (χ4v) is 3.50. The number of amides is 3. The summed E-state index contributed by atoms with van der Waals surface area (Å²) in [6.45, 7) is -0.200. The van der Waals surface area contributed by atoms with Gasteiger partial charge in [-0.3, -0.25) is 14.5 Å². The van der Waals surface area contributed by atoms with Gasteiger partial charge in [-0.05, 0) is 0 Å². The van der Waals surface area contributed by atoms with Crippen molar-refractivity contribution in [3.05, 3.63) is 11.3 Å². The molecule has 2 rings (SSSR count). The fraction of sp³-hybridized carbons (Fsp3) is 0.500. The van der Waals surface area contributed by atoms with Crippen LogP contribution in [0.3, 0.4) is 0 Å². The third kappa shape index (κ3) is 3.82. The van der Waals surface area contributed by atoms with Crippen LogP contribution in [0.5, 0.6) is 0 Å². The van der Waals surface area contributed by atoms with E-state index in [2.05, 4.69) is 5.32 Å². The third-order valence-corrected chi connectivity index (χ3v) is 4.57. The molecular weight excluding hydrogens is 337 g/mol. The van der Waals surface area contributed by atoms with Crippen molar-refractivity contribution in [1.29, 1.82) is 0 Å². The van der Waals surface area contributed by atoms with Gasteiger partial charge in [-0.25, -0.2) is 9.59 Å². The van der Waals surface area contributed by atoms with Gasteiger partial charge in [-0.2, -0.15) is 0 Å². The van der Waals surface area contributed by atoms with Crippen molar-refractivity contribution in [3.8, 4) is 0 Å². The van der Waals surface area contributed by atoms with Crippen molar-refractivity contribution in [2.45, 2.75) is 11.4 Å². The molecule has 2 atom stereocenters. The Morgan fingerprint density at radius 3 is 2.70 bits per heavy atom. The number of fused-ring (bicyclic) bond motifs is 1. The van der Waals surface area contributed by atoms with E-state index >= 15 is 0 Å². The second-order valence-corrected chi connectivity index (χ2v) is 5.98. The van der Waals surface area contributed by atoms with E-state index in [0.29, 0.717) is 17.7 Å². The van der Waals surface area contributed by atoms with Crippen LogP contribution in [0.25, 0.3) is 0 Å². The van der Waals surface area contributed by atoms with Crippen LogP contribution >= 0.6 is 11.8 Å². The number of nitrogens with zero attached hydrogens (tertiary/aromatic N) is 2. The zero-order valence-corrected chi connectivity index (χ0v) is 12.8. The molecule has 122 valence electrons. The van der Waals surface area contributed by atoms with Crippen molar-refractivity contribution < 1.29 is 29.0 Å². The monoisotopic (exact) mass is 353 g/mol. The zero-order chi connectivity index (χ0) is 16.4. The zero-order valence-electron chi connectivity index (χ0n) is 11.9. The fourth-order valence-electron chi connectivity index (χ4n) is 2.17. The van der Waals surface area contributed by atoms with Crippen LogP contribution in [0, 0.1) is 0 Å². The summed E-state index contributed by atoms with van der Waals surface area (Å²) >= 11 is 1.31. The second kappa shape index (κ2) is 8.04. The number of aliphatic carboxylic acids is 1. The van der Waals surface area contributed by atoms with E-state index < -0.39 is 29.4 Å². The number of carbonyl (C=O) groups excluding carboxylic acids is 3. The normalized spacial score (nSPS) is 22.3. The Labute approximate surface area is 158 Å². The number of hydrogen-bond acceptors (Lipinski definition) is 6. The van der Waals surface area contributed by atoms with Crippen LogP contribution in [-0.4, -0.2) is 107 Å². The topological polar surface area (TPSA) is 116 Å². The molecule has 0 aromatic carbocycles. The van der Waals surface area contributed by atoms with Crippen molar-refractivity contribution in [2.75, 3.05) is 26.5 Å². The molecule has 2 N–H and O–H groups in total. The minimum absolute atomic E-state index is 0. The van der Waals surface area contributed by atoms with Crippen molar-refractivity contribution in [2.24, 2.45) is 0 Å². The Balaban J connectivity index is 0.00000264. The predicted molar refractivity (Wildman–Crippen MR) is 82.9 cm³/mol. The molecule has 0 bridgehead atoms. The Kier molecular flexibility index (Phi) is 6.93. The molecule has 0 saturated carbocycles. The number of rotatable bonds is 5. The molecule has 0 aromatic heterocycles. The Bertz CT molecular complexity index is 567. The quantitative estimate of drug-likeness (QED) is 0.347. The first kappa shape index (κ1) is 19.8. The van der Waals surface area contributed by atoms with Gasteiger partial charge in [0.05, 0.1) is 0 Å². The molecule has 0 aromatic rings. The number of nitrogens with one attached hydrogen (secondary N) is 1. The molecule has 1 unspecified atom stereocenters. The summed E-state index contributed by atoms with van der Waals surface area (Å²) < 4.78 is 4.98. The first-order chi connectivity index (χ1) is 10.4. The number of ether oxygens (including phenoxy) is 1. The first-order valence-electron chi connectivity index (χ1n) is 6.32. The predicted octanol–water partition coefficient (Wildman–Crippen LogP) is -1.60. The number of carboxylic acid groups (broad SMARTS) is 1. The second-order valence-electron chi connectivity index (χ2n) is 4.88. The molecule has 11 heteroatoms. The minimum atomic E-state index is -1.26. The molecule has 2 aliphatic rings. The molecule has 0 spiro atoms. The van der Waals surface area contributed by atoms with Crippen LogP contribution < -0.4 is 5.32 Å². The van der Waals surface area contributed by atoms with Crippen LogP contribution in [-0.2, 0) is 19.1 Å². The van der Waals surface area contributed by atoms with E-state index in [1.807, 2.05) is 0 Å². The average Bonchev–Trinajstić information content (AvgIpc) is 2.48. The Morgan fingerprint density at radius 2 is 2.17 bits per heavy atom. The van der Waals surface area contributed by atoms with E-state index in [-0.39, 0.29) is 41.9 Å². The van der Waals surface area contributed by atoms with Crippen LogP contribution in [0.1, 0.15) is 0 Å². The van der Waals surface area contributed by atoms with E-state index in [9.17, 15) is 24.3 Å². The Hall–Kier alpha value is -1.23. The first-order valence-corrected chi connectivity index (χ1v) is 7.37. The van der Waals surface area contributed by atoms with Crippen LogP contribution in [0.4, 0.5) is 4.79 Å². The SMILES string of the molecule is CN(C)C(=O)OCC1=C(C(=O)O)N2C(=O)C(NC=O)[C@H]2SC1.[NaH]. The molecular formula is C12H16N3NaO6S. The van der Waals surface area contributed by atoms with E-state index in [1.54, 1.807) is 0 Å². The summed E-state index contributed by atoms with van der Waals surface area (Å²) in [4.78, 5) is 47.6. The van der Waals surface area contributed by atoms with Crippen LogP contribution in [0.2, 0.25) is 0 Å². The molecule has 23 heavy (non-hydrogen) atoms. The standard InChI is InChI=1S/C12H15N3O6S.Na.H/c1-14(2)12(20)21-3-6-4-22-10-7(13-5-16)9(17)15(10)8(6)11(18)19;;/h5,7,10H,3-4H2,1-2H3,(H,13,16)(H,18,19);;/t7?,10-;;/m1../s1. The van der Waals surface area contributed by atoms with Gasteiger partial charge in [-0.15, -0.1) is 11.8 Å². The van der Waals surface area contributed by atoms with Gasteiger partial charge in [0.25, 0.3) is 5.91 Å². The van der Waals surface area contributed by atoms with Gasteiger partial charge in [-0.1, -0.05) is 0 Å². The summed E-state index contributed by atoms with van der Waals surface area (Å²) in [6, 6.07) is -0.720. The van der Waals surface area contributed by atoms with Crippen molar-refractivity contribution in [1.82, 2.24) is 15.1 Å². The summed E-state index contributed by atoms with van der Waals surface area (Å²) in [5.41, 5.74) is 0.172. The van der Waals surface area contributed by atoms with Crippen molar-refractivity contribution in [3.63, 3.8) is 0 Å². The summed E-state index contributed by atoms with van der Waals surface area (Å²) in [5.74, 6) is -1.45. The molecule has 1 saturated heterocycles. The van der Waals surface area contributed by atoms with Gasteiger partial charge in [0.2, 0.25) is 6.41 Å². The molecule has 2 heterocycles. The number of β-lactam (4-membered cyclic amide) rings is 1. The van der Waals surface area contributed by atoms with Gasteiger partial charge in [0.15, 0.2) is 0 Å². The molecule has 2 aliphatic heterocycles. The van der Waals surface area contributed by atoms with Crippen molar-refractivity contribution >= 4 is 65.7 Å². The molecule has 0 aliphatic carbocycles. The Morgan fingerprint density at radius 1 is 1.52 bits per heavy atom. The average molecular weight is 353 g/mol. The number of hydrogen-bond donors (Lipinski definition) is 2. The van der Waals surface area contributed by atoms with Gasteiger partial charge in [0, 0.05) is 25.4 Å². The summed E-state index contributed by atoms with van der Waals surface area (Å²) in [6.07, 6.45) is -0.182. The van der Waals surface area contributed by atoms with E-state index in [1.165, 1.54) is 30.8 Å². The van der Waals surface area contributed by atoms with Gasteiger partial charge >= 0.3 is 41.6 Å². The molecule has 1 fully saturated rings. The van der Waals surface area contributed by atoms with E-state index in [0.717, 1.165) is 4.90 Å².